The number of nitrogens with one attached hydrogen (secondary N) is 1. The number of benzene rings is 1. The van der Waals surface area contributed by atoms with Gasteiger partial charge < -0.3 is 20.2 Å². The largest absolute Gasteiger partial charge is 0.494 e. The van der Waals surface area contributed by atoms with Gasteiger partial charge in [0.1, 0.15) is 17.8 Å². The summed E-state index contributed by atoms with van der Waals surface area (Å²) in [5.74, 6) is 1.35. The zero-order chi connectivity index (χ0) is 15.8. The Bertz CT molecular complexity index is 596. The molecule has 0 saturated heterocycles. The van der Waals surface area contributed by atoms with Crippen LogP contribution in [0.3, 0.4) is 0 Å². The maximum atomic E-state index is 11.8. The SMILES string of the molecule is Cc1ccc(OCCCCNC(=O)c2coc(CN)c2)cc1.Cl. The molecule has 126 valence electrons. The first-order valence-corrected chi connectivity index (χ1v) is 7.44. The van der Waals surface area contributed by atoms with Crippen LogP contribution in [0.1, 0.15) is 34.5 Å². The maximum absolute atomic E-state index is 11.8. The lowest BCUT2D eigenvalue weighted by Crippen LogP contribution is -2.24. The number of unbranched alkanes of at least 4 members (excludes halogenated alkanes) is 1. The molecule has 5 nitrogen and oxygen atoms in total. The summed E-state index contributed by atoms with van der Waals surface area (Å²) < 4.78 is 10.8. The number of halogens is 1. The highest BCUT2D eigenvalue weighted by Gasteiger charge is 2.08. The van der Waals surface area contributed by atoms with Gasteiger partial charge in [0.2, 0.25) is 0 Å². The van der Waals surface area contributed by atoms with E-state index in [0.717, 1.165) is 18.6 Å². The van der Waals surface area contributed by atoms with E-state index >= 15 is 0 Å². The molecule has 0 unspecified atom stereocenters. The van der Waals surface area contributed by atoms with Crippen LogP contribution in [0.25, 0.3) is 0 Å². The van der Waals surface area contributed by atoms with E-state index in [-0.39, 0.29) is 18.3 Å². The van der Waals surface area contributed by atoms with Crippen LogP contribution >= 0.6 is 12.4 Å². The Morgan fingerprint density at radius 2 is 2.00 bits per heavy atom. The number of nitrogens with two attached hydrogens (primary N) is 1. The molecule has 0 bridgehead atoms. The smallest absolute Gasteiger partial charge is 0.254 e. The first-order valence-electron chi connectivity index (χ1n) is 7.44. The lowest BCUT2D eigenvalue weighted by atomic mass is 10.2. The lowest BCUT2D eigenvalue weighted by Gasteiger charge is -2.07. The Hall–Kier alpha value is -1.98. The van der Waals surface area contributed by atoms with E-state index < -0.39 is 0 Å². The van der Waals surface area contributed by atoms with Crippen molar-refractivity contribution in [2.45, 2.75) is 26.3 Å². The predicted octanol–water partition coefficient (Wildman–Crippen LogP) is 3.06. The van der Waals surface area contributed by atoms with Crippen LogP contribution in [0, 0.1) is 6.92 Å². The second-order valence-corrected chi connectivity index (χ2v) is 5.13. The van der Waals surface area contributed by atoms with E-state index in [2.05, 4.69) is 5.32 Å². The minimum Gasteiger partial charge on any atom is -0.494 e. The number of hydrogen-bond acceptors (Lipinski definition) is 4. The zero-order valence-corrected chi connectivity index (χ0v) is 14.0. The van der Waals surface area contributed by atoms with Gasteiger partial charge in [0, 0.05) is 6.54 Å². The zero-order valence-electron chi connectivity index (χ0n) is 13.2. The predicted molar refractivity (Wildman–Crippen MR) is 92.1 cm³/mol. The Labute approximate surface area is 142 Å². The van der Waals surface area contributed by atoms with E-state index in [1.807, 2.05) is 31.2 Å². The topological polar surface area (TPSA) is 77.5 Å². The summed E-state index contributed by atoms with van der Waals surface area (Å²) in [4.78, 5) is 11.8. The second kappa shape index (κ2) is 9.92. The molecule has 0 aliphatic carbocycles. The van der Waals surface area contributed by atoms with Crippen LogP contribution in [-0.4, -0.2) is 19.1 Å². The average Bonchev–Trinajstić information content (AvgIpc) is 3.01. The number of furan rings is 1. The Morgan fingerprint density at radius 1 is 1.26 bits per heavy atom. The summed E-state index contributed by atoms with van der Waals surface area (Å²) in [6.45, 7) is 3.59. The fraction of sp³-hybridized carbons (Fsp3) is 0.353. The highest BCUT2D eigenvalue weighted by Crippen LogP contribution is 2.11. The van der Waals surface area contributed by atoms with Crippen molar-refractivity contribution >= 4 is 18.3 Å². The van der Waals surface area contributed by atoms with E-state index in [4.69, 9.17) is 14.9 Å². The number of carbonyl (C=O) groups is 1. The first-order chi connectivity index (χ1) is 10.7. The molecule has 0 radical (unpaired) electrons. The highest BCUT2D eigenvalue weighted by molar-refractivity contribution is 5.93. The molecule has 1 aromatic heterocycles. The van der Waals surface area contributed by atoms with Crippen LogP contribution in [0.15, 0.2) is 41.0 Å². The Kier molecular flexibility index (Phi) is 8.22. The minimum absolute atomic E-state index is 0. The average molecular weight is 339 g/mol. The quantitative estimate of drug-likeness (QED) is 0.725. The molecule has 0 aliphatic rings. The standard InChI is InChI=1S/C17H22N2O3.ClH/c1-13-4-6-15(7-5-13)21-9-3-2-8-19-17(20)14-10-16(11-18)22-12-14;/h4-7,10,12H,2-3,8-9,11,18H2,1H3,(H,19,20);1H. The number of ether oxygens (including phenoxy) is 1. The van der Waals surface area contributed by atoms with Crippen molar-refractivity contribution in [3.05, 3.63) is 53.5 Å². The molecule has 1 aromatic carbocycles. The summed E-state index contributed by atoms with van der Waals surface area (Å²) in [7, 11) is 0. The molecule has 1 heterocycles. The summed E-state index contributed by atoms with van der Waals surface area (Å²) in [5.41, 5.74) is 7.16. The van der Waals surface area contributed by atoms with E-state index in [1.54, 1.807) is 6.07 Å². The minimum atomic E-state index is -0.136. The third-order valence-electron chi connectivity index (χ3n) is 3.26. The number of hydrogen-bond donors (Lipinski definition) is 2. The van der Waals surface area contributed by atoms with Crippen molar-refractivity contribution < 1.29 is 13.9 Å². The second-order valence-electron chi connectivity index (χ2n) is 5.13. The molecular weight excluding hydrogens is 316 g/mol. The van der Waals surface area contributed by atoms with Crippen molar-refractivity contribution in [2.75, 3.05) is 13.2 Å². The molecule has 2 aromatic rings. The van der Waals surface area contributed by atoms with Crippen molar-refractivity contribution in [1.82, 2.24) is 5.32 Å². The Morgan fingerprint density at radius 3 is 2.65 bits per heavy atom. The van der Waals surface area contributed by atoms with Crippen LogP contribution in [0.4, 0.5) is 0 Å². The van der Waals surface area contributed by atoms with Crippen molar-refractivity contribution in [3.63, 3.8) is 0 Å². The lowest BCUT2D eigenvalue weighted by molar-refractivity contribution is 0.0951. The Balaban J connectivity index is 0.00000264. The molecule has 0 saturated carbocycles. The van der Waals surface area contributed by atoms with Crippen LogP contribution in [0.2, 0.25) is 0 Å². The van der Waals surface area contributed by atoms with Gasteiger partial charge in [-0.3, -0.25) is 4.79 Å². The van der Waals surface area contributed by atoms with Gasteiger partial charge >= 0.3 is 0 Å². The van der Waals surface area contributed by atoms with Gasteiger partial charge in [-0.2, -0.15) is 0 Å². The van der Waals surface area contributed by atoms with Gasteiger partial charge in [0.15, 0.2) is 0 Å². The van der Waals surface area contributed by atoms with Crippen molar-refractivity contribution in [1.29, 1.82) is 0 Å². The molecule has 0 spiro atoms. The van der Waals surface area contributed by atoms with E-state index in [1.165, 1.54) is 11.8 Å². The molecular formula is C17H23ClN2O3. The first kappa shape index (κ1) is 19.1. The third kappa shape index (κ3) is 6.34. The maximum Gasteiger partial charge on any atom is 0.254 e. The van der Waals surface area contributed by atoms with Gasteiger partial charge in [-0.15, -0.1) is 12.4 Å². The van der Waals surface area contributed by atoms with Crippen LogP contribution in [0.5, 0.6) is 5.75 Å². The van der Waals surface area contributed by atoms with Gasteiger partial charge in [0.05, 0.1) is 18.7 Å². The molecule has 23 heavy (non-hydrogen) atoms. The molecule has 1 amide bonds. The van der Waals surface area contributed by atoms with Gasteiger partial charge in [-0.1, -0.05) is 17.7 Å². The normalized spacial score (nSPS) is 10.0. The fourth-order valence-corrected chi connectivity index (χ4v) is 1.96. The number of aryl methyl sites for hydroxylation is 1. The van der Waals surface area contributed by atoms with Gasteiger partial charge in [-0.25, -0.2) is 0 Å². The molecule has 6 heteroatoms. The third-order valence-corrected chi connectivity index (χ3v) is 3.26. The molecule has 2 rings (SSSR count). The summed E-state index contributed by atoms with van der Waals surface area (Å²) >= 11 is 0. The van der Waals surface area contributed by atoms with E-state index in [9.17, 15) is 4.79 Å². The molecule has 0 fully saturated rings. The van der Waals surface area contributed by atoms with Gasteiger partial charge in [0.25, 0.3) is 5.91 Å². The van der Waals surface area contributed by atoms with Crippen molar-refractivity contribution in [3.8, 4) is 5.75 Å². The highest BCUT2D eigenvalue weighted by atomic mass is 35.5. The summed E-state index contributed by atoms with van der Waals surface area (Å²) in [6, 6.07) is 9.64. The van der Waals surface area contributed by atoms with Crippen LogP contribution in [-0.2, 0) is 6.54 Å². The number of carbonyl (C=O) groups excluding carboxylic acids is 1. The van der Waals surface area contributed by atoms with E-state index in [0.29, 0.717) is 31.0 Å². The summed E-state index contributed by atoms with van der Waals surface area (Å²) in [5, 5.41) is 2.85. The van der Waals surface area contributed by atoms with Gasteiger partial charge in [-0.05, 0) is 38.0 Å². The fourth-order valence-electron chi connectivity index (χ4n) is 1.96. The number of rotatable bonds is 8. The van der Waals surface area contributed by atoms with Crippen molar-refractivity contribution in [2.24, 2.45) is 5.73 Å². The summed E-state index contributed by atoms with van der Waals surface area (Å²) in [6.07, 6.45) is 3.17. The molecule has 3 N–H and O–H groups in total. The number of amides is 1. The molecule has 0 aliphatic heterocycles. The monoisotopic (exact) mass is 338 g/mol. The molecule has 0 atom stereocenters. The van der Waals surface area contributed by atoms with Crippen LogP contribution < -0.4 is 15.8 Å².